The molecule has 0 aromatic heterocycles. The first-order valence-electron chi connectivity index (χ1n) is 5.57. The van der Waals surface area contributed by atoms with Crippen LogP contribution in [0.4, 0.5) is 4.39 Å². The van der Waals surface area contributed by atoms with Crippen molar-refractivity contribution in [2.75, 3.05) is 0 Å². The number of imide groups is 1. The molecule has 1 aliphatic rings. The Bertz CT molecular complexity index is 493. The van der Waals surface area contributed by atoms with Crippen LogP contribution in [-0.4, -0.2) is 17.9 Å². The molecule has 0 aliphatic carbocycles. The summed E-state index contributed by atoms with van der Waals surface area (Å²) in [5.41, 5.74) is 0.481. The number of hydrogen-bond acceptors (Lipinski definition) is 3. The van der Waals surface area contributed by atoms with Gasteiger partial charge in [-0.3, -0.25) is 14.9 Å². The molecule has 1 aromatic carbocycles. The summed E-state index contributed by atoms with van der Waals surface area (Å²) < 4.78 is 14.2. The highest BCUT2D eigenvalue weighted by molar-refractivity contribution is 9.10. The van der Waals surface area contributed by atoms with Crippen LogP contribution in [0, 0.1) is 5.82 Å². The van der Waals surface area contributed by atoms with Gasteiger partial charge in [0, 0.05) is 23.0 Å². The molecule has 1 aromatic rings. The van der Waals surface area contributed by atoms with E-state index in [0.717, 1.165) is 4.47 Å². The number of carbonyl (C=O) groups excluding carboxylic acids is 2. The van der Waals surface area contributed by atoms with Crippen LogP contribution in [0.15, 0.2) is 22.7 Å². The van der Waals surface area contributed by atoms with Gasteiger partial charge >= 0.3 is 0 Å². The third-order valence-corrected chi connectivity index (χ3v) is 3.28. The van der Waals surface area contributed by atoms with Crippen LogP contribution in [0.1, 0.15) is 18.4 Å². The smallest absolute Gasteiger partial charge is 0.243 e. The molecule has 6 heteroatoms. The molecule has 96 valence electrons. The molecule has 2 N–H and O–H groups in total. The maximum absolute atomic E-state index is 13.5. The van der Waals surface area contributed by atoms with E-state index in [1.165, 1.54) is 6.07 Å². The lowest BCUT2D eigenvalue weighted by molar-refractivity contribution is -0.134. The van der Waals surface area contributed by atoms with Crippen LogP contribution in [-0.2, 0) is 16.1 Å². The van der Waals surface area contributed by atoms with Gasteiger partial charge in [-0.1, -0.05) is 15.9 Å². The molecule has 18 heavy (non-hydrogen) atoms. The minimum atomic E-state index is -0.443. The molecule has 1 aliphatic heterocycles. The van der Waals surface area contributed by atoms with Crippen molar-refractivity contribution in [3.8, 4) is 0 Å². The van der Waals surface area contributed by atoms with Crippen molar-refractivity contribution in [3.05, 3.63) is 34.1 Å². The van der Waals surface area contributed by atoms with E-state index in [9.17, 15) is 14.0 Å². The van der Waals surface area contributed by atoms with Gasteiger partial charge in [0.25, 0.3) is 0 Å². The van der Waals surface area contributed by atoms with Crippen molar-refractivity contribution in [2.45, 2.75) is 25.4 Å². The van der Waals surface area contributed by atoms with Crippen molar-refractivity contribution in [3.63, 3.8) is 0 Å². The fourth-order valence-corrected chi connectivity index (χ4v) is 2.21. The predicted molar refractivity (Wildman–Crippen MR) is 67.1 cm³/mol. The van der Waals surface area contributed by atoms with Gasteiger partial charge in [0.05, 0.1) is 6.04 Å². The summed E-state index contributed by atoms with van der Waals surface area (Å²) in [5.74, 6) is -0.925. The number of carbonyl (C=O) groups is 2. The van der Waals surface area contributed by atoms with E-state index in [1.54, 1.807) is 12.1 Å². The molecule has 0 bridgehead atoms. The van der Waals surface area contributed by atoms with Crippen LogP contribution < -0.4 is 10.6 Å². The number of benzene rings is 1. The van der Waals surface area contributed by atoms with Gasteiger partial charge < -0.3 is 5.32 Å². The Morgan fingerprint density at radius 3 is 2.94 bits per heavy atom. The second kappa shape index (κ2) is 5.58. The summed E-state index contributed by atoms with van der Waals surface area (Å²) in [5, 5.41) is 5.20. The quantitative estimate of drug-likeness (QED) is 0.831. The zero-order valence-corrected chi connectivity index (χ0v) is 11.1. The SMILES string of the molecule is O=C1CCC(NCc2cc(Br)ccc2F)C(=O)N1. The lowest BCUT2D eigenvalue weighted by Crippen LogP contribution is -2.50. The van der Waals surface area contributed by atoms with Crippen molar-refractivity contribution in [1.29, 1.82) is 0 Å². The Morgan fingerprint density at radius 2 is 2.22 bits per heavy atom. The second-order valence-electron chi connectivity index (χ2n) is 4.12. The highest BCUT2D eigenvalue weighted by Crippen LogP contribution is 2.16. The molecular formula is C12H12BrFN2O2. The van der Waals surface area contributed by atoms with E-state index < -0.39 is 6.04 Å². The molecule has 0 spiro atoms. The van der Waals surface area contributed by atoms with E-state index in [0.29, 0.717) is 18.4 Å². The standard InChI is InChI=1S/C12H12BrFN2O2/c13-8-1-2-9(14)7(5-8)6-15-10-3-4-11(17)16-12(10)18/h1-2,5,10,15H,3-4,6H2,(H,16,17,18). The minimum absolute atomic E-state index is 0.248. The Morgan fingerprint density at radius 1 is 1.44 bits per heavy atom. The van der Waals surface area contributed by atoms with Crippen LogP contribution in [0.2, 0.25) is 0 Å². The van der Waals surface area contributed by atoms with Crippen molar-refractivity contribution in [2.24, 2.45) is 0 Å². The number of hydrogen-bond donors (Lipinski definition) is 2. The largest absolute Gasteiger partial charge is 0.302 e. The lowest BCUT2D eigenvalue weighted by atomic mass is 10.1. The van der Waals surface area contributed by atoms with Crippen LogP contribution in [0.5, 0.6) is 0 Å². The van der Waals surface area contributed by atoms with E-state index >= 15 is 0 Å². The Kier molecular flexibility index (Phi) is 4.08. The maximum atomic E-state index is 13.5. The summed E-state index contributed by atoms with van der Waals surface area (Å²) in [4.78, 5) is 22.4. The first-order valence-corrected chi connectivity index (χ1v) is 6.36. The minimum Gasteiger partial charge on any atom is -0.302 e. The summed E-state index contributed by atoms with van der Waals surface area (Å²) >= 11 is 3.26. The second-order valence-corrected chi connectivity index (χ2v) is 5.04. The summed E-state index contributed by atoms with van der Waals surface area (Å²) in [7, 11) is 0. The monoisotopic (exact) mass is 314 g/mol. The third kappa shape index (κ3) is 3.14. The number of nitrogens with one attached hydrogen (secondary N) is 2. The lowest BCUT2D eigenvalue weighted by Gasteiger charge is -2.22. The molecular weight excluding hydrogens is 303 g/mol. The van der Waals surface area contributed by atoms with Crippen molar-refractivity contribution >= 4 is 27.7 Å². The van der Waals surface area contributed by atoms with E-state index in [4.69, 9.17) is 0 Å². The summed E-state index contributed by atoms with van der Waals surface area (Å²) in [6, 6.07) is 4.20. The zero-order valence-electron chi connectivity index (χ0n) is 9.50. The fraction of sp³-hybridized carbons (Fsp3) is 0.333. The zero-order chi connectivity index (χ0) is 13.1. The number of halogens is 2. The average Bonchev–Trinajstić information content (AvgIpc) is 2.32. The molecule has 4 nitrogen and oxygen atoms in total. The first-order chi connectivity index (χ1) is 8.56. The first kappa shape index (κ1) is 13.2. The predicted octanol–water partition coefficient (Wildman–Crippen LogP) is 1.48. The van der Waals surface area contributed by atoms with Crippen LogP contribution in [0.3, 0.4) is 0 Å². The van der Waals surface area contributed by atoms with Gasteiger partial charge in [0.1, 0.15) is 5.82 Å². The fourth-order valence-electron chi connectivity index (χ4n) is 1.80. The van der Waals surface area contributed by atoms with Gasteiger partial charge in [-0.05, 0) is 24.6 Å². The molecule has 1 heterocycles. The highest BCUT2D eigenvalue weighted by Gasteiger charge is 2.25. The molecule has 1 atom stereocenters. The third-order valence-electron chi connectivity index (χ3n) is 2.79. The van der Waals surface area contributed by atoms with Crippen molar-refractivity contribution < 1.29 is 14.0 Å². The van der Waals surface area contributed by atoms with Gasteiger partial charge in [-0.15, -0.1) is 0 Å². The Labute approximate surface area is 112 Å². The molecule has 0 radical (unpaired) electrons. The van der Waals surface area contributed by atoms with Crippen LogP contribution >= 0.6 is 15.9 Å². The maximum Gasteiger partial charge on any atom is 0.243 e. The average molecular weight is 315 g/mol. The van der Waals surface area contributed by atoms with E-state index in [2.05, 4.69) is 26.6 Å². The van der Waals surface area contributed by atoms with E-state index in [1.807, 2.05) is 0 Å². The normalized spacial score (nSPS) is 19.8. The number of piperidine rings is 1. The highest BCUT2D eigenvalue weighted by atomic mass is 79.9. The van der Waals surface area contributed by atoms with Crippen LogP contribution in [0.25, 0.3) is 0 Å². The molecule has 2 rings (SSSR count). The molecule has 1 fully saturated rings. The molecule has 2 amide bonds. The molecule has 1 saturated heterocycles. The topological polar surface area (TPSA) is 58.2 Å². The summed E-state index contributed by atoms with van der Waals surface area (Å²) in [6.45, 7) is 0.248. The van der Waals surface area contributed by atoms with Gasteiger partial charge in [-0.25, -0.2) is 4.39 Å². The summed E-state index contributed by atoms with van der Waals surface area (Å²) in [6.07, 6.45) is 0.755. The number of rotatable bonds is 3. The van der Waals surface area contributed by atoms with Gasteiger partial charge in [0.2, 0.25) is 11.8 Å². The number of amides is 2. The Balaban J connectivity index is 1.97. The Hall–Kier alpha value is -1.27. The molecule has 0 saturated carbocycles. The van der Waals surface area contributed by atoms with E-state index in [-0.39, 0.29) is 24.2 Å². The van der Waals surface area contributed by atoms with Gasteiger partial charge in [0.15, 0.2) is 0 Å². The van der Waals surface area contributed by atoms with Crippen molar-refractivity contribution in [1.82, 2.24) is 10.6 Å². The molecule has 1 unspecified atom stereocenters. The van der Waals surface area contributed by atoms with Gasteiger partial charge in [-0.2, -0.15) is 0 Å².